The molecular formula is C13H18N3O4P. The normalized spacial score (nSPS) is 20.3. The largest absolute Gasteiger partial charge is 0.346 e. The minimum atomic E-state index is -2.88. The number of nitrogens with zero attached hydrogens (tertiary/aromatic N) is 3. The molecule has 7 nitrogen and oxygen atoms in total. The lowest BCUT2D eigenvalue weighted by atomic mass is 10.1. The molecule has 21 heavy (non-hydrogen) atoms. The zero-order valence-corrected chi connectivity index (χ0v) is 13.0. The summed E-state index contributed by atoms with van der Waals surface area (Å²) in [6, 6.07) is 4.88. The smallest absolute Gasteiger partial charge is 0.298 e. The van der Waals surface area contributed by atoms with E-state index in [1.807, 2.05) is 16.3 Å². The maximum atomic E-state index is 12.9. The fourth-order valence-corrected chi connectivity index (χ4v) is 4.66. The number of aryl methyl sites for hydroxylation is 1. The molecule has 2 aliphatic rings. The van der Waals surface area contributed by atoms with Gasteiger partial charge in [-0.2, -0.15) is 0 Å². The molecule has 0 spiro atoms. The Labute approximate surface area is 123 Å². The molecule has 0 radical (unpaired) electrons. The third-order valence-corrected chi connectivity index (χ3v) is 6.57. The summed E-state index contributed by atoms with van der Waals surface area (Å²) < 4.78 is 22.5. The molecule has 0 N–H and O–H groups in total. The van der Waals surface area contributed by atoms with Gasteiger partial charge in [0.15, 0.2) is 0 Å². The molecule has 2 heterocycles. The molecule has 0 saturated carbocycles. The van der Waals surface area contributed by atoms with Gasteiger partial charge in [0.1, 0.15) is 0 Å². The van der Waals surface area contributed by atoms with Crippen LogP contribution in [0.25, 0.3) is 0 Å². The summed E-state index contributed by atoms with van der Waals surface area (Å²) in [5.74, 6) is 0. The predicted molar refractivity (Wildman–Crippen MR) is 78.1 cm³/mol. The first kappa shape index (κ1) is 14.7. The molecule has 2 saturated heterocycles. The van der Waals surface area contributed by atoms with Crippen molar-refractivity contribution in [1.29, 1.82) is 0 Å². The van der Waals surface area contributed by atoms with Gasteiger partial charge in [-0.05, 0) is 31.5 Å². The molecule has 1 unspecified atom stereocenters. The Kier molecular flexibility index (Phi) is 3.61. The highest BCUT2D eigenvalue weighted by Crippen LogP contribution is 2.63. The van der Waals surface area contributed by atoms with Crippen molar-refractivity contribution >= 4 is 13.4 Å². The SMILES string of the molecule is Cc1cc(C(C)OP(=O)(N2CC2)N2CC2)ccc1[N+](=O)[O-]. The molecule has 2 fully saturated rings. The van der Waals surface area contributed by atoms with Crippen LogP contribution in [-0.2, 0) is 9.09 Å². The second-order valence-corrected chi connectivity index (χ2v) is 7.77. The molecule has 2 aliphatic heterocycles. The summed E-state index contributed by atoms with van der Waals surface area (Å²) >= 11 is 0. The van der Waals surface area contributed by atoms with E-state index in [1.165, 1.54) is 6.07 Å². The minimum absolute atomic E-state index is 0.0889. The first-order valence-corrected chi connectivity index (χ1v) is 8.49. The van der Waals surface area contributed by atoms with E-state index in [9.17, 15) is 14.7 Å². The van der Waals surface area contributed by atoms with Crippen LogP contribution in [0.1, 0.15) is 24.2 Å². The molecule has 1 aromatic carbocycles. The molecule has 1 aromatic rings. The van der Waals surface area contributed by atoms with Crippen molar-refractivity contribution in [2.24, 2.45) is 0 Å². The third-order valence-electron chi connectivity index (χ3n) is 3.74. The van der Waals surface area contributed by atoms with E-state index >= 15 is 0 Å². The topological polar surface area (TPSA) is 75.5 Å². The number of nitro groups is 1. The molecule has 8 heteroatoms. The van der Waals surface area contributed by atoms with Crippen molar-refractivity contribution in [1.82, 2.24) is 9.34 Å². The van der Waals surface area contributed by atoms with Crippen LogP contribution in [0.2, 0.25) is 0 Å². The fourth-order valence-electron chi connectivity index (χ4n) is 2.31. The summed E-state index contributed by atoms with van der Waals surface area (Å²) in [5.41, 5.74) is 1.48. The molecule has 0 bridgehead atoms. The Balaban J connectivity index is 1.78. The number of hydrogen-bond acceptors (Lipinski definition) is 4. The minimum Gasteiger partial charge on any atom is -0.298 e. The van der Waals surface area contributed by atoms with Crippen molar-refractivity contribution in [2.45, 2.75) is 20.0 Å². The molecule has 1 atom stereocenters. The Hall–Kier alpha value is -1.27. The molecular weight excluding hydrogens is 293 g/mol. The zero-order chi connectivity index (χ0) is 15.2. The standard InChI is InChI=1S/C13H18N3O4P/c1-10-9-12(3-4-13(10)16(17)18)11(2)20-21(19,14-5-6-14)15-7-8-15/h3-4,9,11H,5-8H2,1-2H3. The van der Waals surface area contributed by atoms with E-state index in [2.05, 4.69) is 0 Å². The lowest BCUT2D eigenvalue weighted by molar-refractivity contribution is -0.385. The van der Waals surface area contributed by atoms with Gasteiger partial charge in [0, 0.05) is 37.8 Å². The fraction of sp³-hybridized carbons (Fsp3) is 0.538. The van der Waals surface area contributed by atoms with Gasteiger partial charge in [-0.25, -0.2) is 9.34 Å². The van der Waals surface area contributed by atoms with Crippen molar-refractivity contribution in [3.05, 3.63) is 39.4 Å². The van der Waals surface area contributed by atoms with Crippen molar-refractivity contribution in [3.8, 4) is 0 Å². The second-order valence-electron chi connectivity index (χ2n) is 5.45. The molecule has 0 aromatic heterocycles. The van der Waals surface area contributed by atoms with E-state index in [0.29, 0.717) is 5.56 Å². The van der Waals surface area contributed by atoms with Crippen molar-refractivity contribution in [3.63, 3.8) is 0 Å². The second kappa shape index (κ2) is 5.18. The number of benzene rings is 1. The molecule has 3 rings (SSSR count). The van der Waals surface area contributed by atoms with Crippen LogP contribution in [0.5, 0.6) is 0 Å². The monoisotopic (exact) mass is 311 g/mol. The van der Waals surface area contributed by atoms with Crippen LogP contribution in [0.4, 0.5) is 5.69 Å². The average molecular weight is 311 g/mol. The number of nitro benzene ring substituents is 1. The molecule has 114 valence electrons. The highest BCUT2D eigenvalue weighted by molar-refractivity contribution is 7.54. The lowest BCUT2D eigenvalue weighted by Crippen LogP contribution is -2.10. The summed E-state index contributed by atoms with van der Waals surface area (Å²) in [4.78, 5) is 10.4. The van der Waals surface area contributed by atoms with E-state index in [-0.39, 0.29) is 11.8 Å². The predicted octanol–water partition coefficient (Wildman–Crippen LogP) is 2.72. The Morgan fingerprint density at radius 2 is 1.86 bits per heavy atom. The third kappa shape index (κ3) is 2.87. The van der Waals surface area contributed by atoms with E-state index in [1.54, 1.807) is 19.1 Å². The van der Waals surface area contributed by atoms with E-state index < -0.39 is 12.6 Å². The van der Waals surface area contributed by atoms with Gasteiger partial charge in [-0.15, -0.1) is 0 Å². The molecule has 0 amide bonds. The van der Waals surface area contributed by atoms with E-state index in [0.717, 1.165) is 31.7 Å². The van der Waals surface area contributed by atoms with Gasteiger partial charge in [0.05, 0.1) is 11.0 Å². The van der Waals surface area contributed by atoms with Gasteiger partial charge in [0.25, 0.3) is 5.69 Å². The summed E-state index contributed by atoms with van der Waals surface area (Å²) in [7, 11) is -2.88. The van der Waals surface area contributed by atoms with Gasteiger partial charge in [-0.3, -0.25) is 19.2 Å². The zero-order valence-electron chi connectivity index (χ0n) is 12.1. The molecule has 0 aliphatic carbocycles. The number of hydrogen-bond donors (Lipinski definition) is 0. The van der Waals surface area contributed by atoms with Crippen LogP contribution >= 0.6 is 7.67 Å². The van der Waals surface area contributed by atoms with Crippen molar-refractivity contribution < 1.29 is 14.0 Å². The van der Waals surface area contributed by atoms with Crippen LogP contribution in [-0.4, -0.2) is 40.4 Å². The summed E-state index contributed by atoms with van der Waals surface area (Å²) in [6.07, 6.45) is -0.364. The average Bonchev–Trinajstić information content (AvgIpc) is 3.30. The first-order valence-electron chi connectivity index (χ1n) is 6.96. The van der Waals surface area contributed by atoms with Crippen LogP contribution in [0.3, 0.4) is 0 Å². The van der Waals surface area contributed by atoms with Gasteiger partial charge >= 0.3 is 7.67 Å². The Morgan fingerprint density at radius 1 is 1.29 bits per heavy atom. The first-order chi connectivity index (χ1) is 9.91. The van der Waals surface area contributed by atoms with Crippen molar-refractivity contribution in [2.75, 3.05) is 26.2 Å². The van der Waals surface area contributed by atoms with Crippen LogP contribution < -0.4 is 0 Å². The maximum absolute atomic E-state index is 12.9. The van der Waals surface area contributed by atoms with E-state index in [4.69, 9.17) is 4.52 Å². The quantitative estimate of drug-likeness (QED) is 0.348. The maximum Gasteiger partial charge on any atom is 0.346 e. The van der Waals surface area contributed by atoms with Gasteiger partial charge < -0.3 is 0 Å². The summed E-state index contributed by atoms with van der Waals surface area (Å²) in [6.45, 7) is 6.75. The lowest BCUT2D eigenvalue weighted by Gasteiger charge is -2.24. The van der Waals surface area contributed by atoms with Gasteiger partial charge in [0.2, 0.25) is 0 Å². The van der Waals surface area contributed by atoms with Gasteiger partial charge in [-0.1, -0.05) is 0 Å². The summed E-state index contributed by atoms with van der Waals surface area (Å²) in [5, 5.41) is 10.8. The highest BCUT2D eigenvalue weighted by atomic mass is 31.2. The van der Waals surface area contributed by atoms with Crippen LogP contribution in [0.15, 0.2) is 18.2 Å². The Morgan fingerprint density at radius 3 is 2.29 bits per heavy atom. The van der Waals surface area contributed by atoms with Crippen LogP contribution in [0, 0.1) is 17.0 Å². The Bertz CT molecular complexity index is 612. The number of rotatable bonds is 6. The highest BCUT2D eigenvalue weighted by Gasteiger charge is 2.50.